The summed E-state index contributed by atoms with van der Waals surface area (Å²) in [6.07, 6.45) is 6.96. The Hall–Kier alpha value is -2.76. The van der Waals surface area contributed by atoms with Crippen molar-refractivity contribution in [1.82, 2.24) is 4.90 Å². The third kappa shape index (κ3) is 3.84. The summed E-state index contributed by atoms with van der Waals surface area (Å²) in [6.45, 7) is 3.19. The van der Waals surface area contributed by atoms with Crippen molar-refractivity contribution in [2.45, 2.75) is 25.7 Å². The molecule has 2 aromatic rings. The number of carbonyl (C=O) groups excluding carboxylic acids is 2. The maximum absolute atomic E-state index is 12.9. The zero-order valence-corrected chi connectivity index (χ0v) is 15.4. The first-order valence-electron chi connectivity index (χ1n) is 9.68. The van der Waals surface area contributed by atoms with Crippen LogP contribution in [0.15, 0.2) is 47.3 Å². The van der Waals surface area contributed by atoms with Crippen LogP contribution in [0, 0.1) is 5.92 Å². The number of rotatable bonds is 4. The van der Waals surface area contributed by atoms with Gasteiger partial charge in [-0.2, -0.15) is 0 Å². The smallest absolute Gasteiger partial charge is 0.257 e. The number of amides is 2. The lowest BCUT2D eigenvalue weighted by molar-refractivity contribution is -0.121. The fourth-order valence-corrected chi connectivity index (χ4v) is 3.99. The van der Waals surface area contributed by atoms with Gasteiger partial charge in [-0.3, -0.25) is 9.59 Å². The summed E-state index contributed by atoms with van der Waals surface area (Å²) in [7, 11) is 0. The maximum Gasteiger partial charge on any atom is 0.257 e. The highest BCUT2D eigenvalue weighted by Crippen LogP contribution is 2.30. The third-order valence-electron chi connectivity index (χ3n) is 5.46. The number of benzene rings is 1. The molecule has 0 bridgehead atoms. The van der Waals surface area contributed by atoms with Gasteiger partial charge in [0, 0.05) is 26.2 Å². The van der Waals surface area contributed by atoms with E-state index >= 15 is 0 Å². The molecule has 2 amide bonds. The number of hydrogen-bond acceptors (Lipinski definition) is 4. The molecule has 6 nitrogen and oxygen atoms in total. The Labute approximate surface area is 159 Å². The zero-order chi connectivity index (χ0) is 18.6. The molecule has 1 N–H and O–H groups in total. The summed E-state index contributed by atoms with van der Waals surface area (Å²) in [5.74, 6) is -0.272. The fourth-order valence-electron chi connectivity index (χ4n) is 3.99. The Morgan fingerprint density at radius 3 is 2.63 bits per heavy atom. The molecule has 2 aliphatic rings. The van der Waals surface area contributed by atoms with Gasteiger partial charge in [-0.1, -0.05) is 12.1 Å². The van der Waals surface area contributed by atoms with Crippen molar-refractivity contribution in [2.75, 3.05) is 36.4 Å². The molecule has 27 heavy (non-hydrogen) atoms. The minimum atomic E-state index is -0.193. The van der Waals surface area contributed by atoms with Gasteiger partial charge in [0.2, 0.25) is 5.91 Å². The summed E-state index contributed by atoms with van der Waals surface area (Å²) in [5.41, 5.74) is 2.49. The molecule has 4 rings (SSSR count). The monoisotopic (exact) mass is 367 g/mol. The molecule has 0 unspecified atom stereocenters. The number of anilines is 2. The number of furan rings is 1. The van der Waals surface area contributed by atoms with Crippen LogP contribution < -0.4 is 10.2 Å². The lowest BCUT2D eigenvalue weighted by Crippen LogP contribution is -2.43. The van der Waals surface area contributed by atoms with Gasteiger partial charge in [0.1, 0.15) is 6.26 Å². The molecule has 6 heteroatoms. The van der Waals surface area contributed by atoms with E-state index in [0.717, 1.165) is 37.3 Å². The third-order valence-corrected chi connectivity index (χ3v) is 5.46. The quantitative estimate of drug-likeness (QED) is 0.900. The van der Waals surface area contributed by atoms with Crippen molar-refractivity contribution in [1.29, 1.82) is 0 Å². The molecule has 3 heterocycles. The Balaban J connectivity index is 1.43. The standard InChI is InChI=1S/C21H25N3O3/c25-20(22-18-7-1-2-8-19(18)23-10-3-4-11-23)16-6-5-12-24(14-16)21(26)17-9-13-27-15-17/h1-2,7-9,13,15-16H,3-6,10-12,14H2,(H,22,25)/t16-/m1/s1. The van der Waals surface area contributed by atoms with Crippen LogP contribution in [-0.2, 0) is 4.79 Å². The van der Waals surface area contributed by atoms with Gasteiger partial charge in [-0.05, 0) is 43.9 Å². The van der Waals surface area contributed by atoms with Gasteiger partial charge in [0.15, 0.2) is 0 Å². The fraction of sp³-hybridized carbons (Fsp3) is 0.429. The minimum absolute atomic E-state index is 0.00802. The van der Waals surface area contributed by atoms with E-state index in [4.69, 9.17) is 4.42 Å². The van der Waals surface area contributed by atoms with Gasteiger partial charge >= 0.3 is 0 Å². The molecule has 0 radical (unpaired) electrons. The van der Waals surface area contributed by atoms with Crippen LogP contribution in [0.25, 0.3) is 0 Å². The average molecular weight is 367 g/mol. The van der Waals surface area contributed by atoms with Crippen molar-refractivity contribution in [2.24, 2.45) is 5.92 Å². The second-order valence-corrected chi connectivity index (χ2v) is 7.30. The second kappa shape index (κ2) is 7.86. The van der Waals surface area contributed by atoms with E-state index in [1.54, 1.807) is 11.0 Å². The summed E-state index contributed by atoms with van der Waals surface area (Å²) in [5, 5.41) is 3.11. The molecule has 0 saturated carbocycles. The lowest BCUT2D eigenvalue weighted by atomic mass is 9.96. The number of carbonyl (C=O) groups is 2. The molecule has 1 aromatic carbocycles. The van der Waals surface area contributed by atoms with E-state index in [-0.39, 0.29) is 17.7 Å². The zero-order valence-electron chi connectivity index (χ0n) is 15.4. The van der Waals surface area contributed by atoms with Gasteiger partial charge in [-0.15, -0.1) is 0 Å². The lowest BCUT2D eigenvalue weighted by Gasteiger charge is -2.32. The van der Waals surface area contributed by atoms with E-state index in [0.29, 0.717) is 18.7 Å². The molecule has 0 spiro atoms. The molecule has 2 aliphatic heterocycles. The SMILES string of the molecule is O=C(Nc1ccccc1N1CCCC1)[C@@H]1CCCN(C(=O)c2ccoc2)C1. The number of piperidine rings is 1. The number of para-hydroxylation sites is 2. The first-order chi connectivity index (χ1) is 13.2. The van der Waals surface area contributed by atoms with E-state index < -0.39 is 0 Å². The topological polar surface area (TPSA) is 65.8 Å². The maximum atomic E-state index is 12.9. The van der Waals surface area contributed by atoms with Gasteiger partial charge in [0.05, 0.1) is 29.1 Å². The van der Waals surface area contributed by atoms with E-state index in [1.807, 2.05) is 18.2 Å². The van der Waals surface area contributed by atoms with Crippen molar-refractivity contribution in [3.63, 3.8) is 0 Å². The molecule has 0 aliphatic carbocycles. The minimum Gasteiger partial charge on any atom is -0.472 e. The predicted octanol–water partition coefficient (Wildman–Crippen LogP) is 3.37. The molecule has 1 aromatic heterocycles. The summed E-state index contributed by atoms with van der Waals surface area (Å²) in [4.78, 5) is 29.5. The van der Waals surface area contributed by atoms with Gasteiger partial charge in [-0.25, -0.2) is 0 Å². The summed E-state index contributed by atoms with van der Waals surface area (Å²) < 4.78 is 5.01. The van der Waals surface area contributed by atoms with E-state index in [1.165, 1.54) is 25.4 Å². The number of nitrogens with zero attached hydrogens (tertiary/aromatic N) is 2. The van der Waals surface area contributed by atoms with Crippen molar-refractivity contribution >= 4 is 23.2 Å². The number of hydrogen-bond donors (Lipinski definition) is 1. The van der Waals surface area contributed by atoms with Crippen molar-refractivity contribution in [3.8, 4) is 0 Å². The van der Waals surface area contributed by atoms with E-state index in [9.17, 15) is 9.59 Å². The van der Waals surface area contributed by atoms with Crippen molar-refractivity contribution < 1.29 is 14.0 Å². The average Bonchev–Trinajstić information content (AvgIpc) is 3.42. The highest BCUT2D eigenvalue weighted by Gasteiger charge is 2.30. The Morgan fingerprint density at radius 2 is 1.85 bits per heavy atom. The van der Waals surface area contributed by atoms with Crippen LogP contribution in [0.4, 0.5) is 11.4 Å². The second-order valence-electron chi connectivity index (χ2n) is 7.30. The normalized spacial score (nSPS) is 19.9. The molecular weight excluding hydrogens is 342 g/mol. The Kier molecular flexibility index (Phi) is 5.14. The van der Waals surface area contributed by atoms with E-state index in [2.05, 4.69) is 16.3 Å². The summed E-state index contributed by atoms with van der Waals surface area (Å²) in [6, 6.07) is 9.65. The molecule has 2 saturated heterocycles. The van der Waals surface area contributed by atoms with Crippen LogP contribution in [0.1, 0.15) is 36.0 Å². The van der Waals surface area contributed by atoms with Crippen LogP contribution in [-0.4, -0.2) is 42.9 Å². The highest BCUT2D eigenvalue weighted by molar-refractivity contribution is 5.97. The van der Waals surface area contributed by atoms with Crippen LogP contribution in [0.5, 0.6) is 0 Å². The highest BCUT2D eigenvalue weighted by atomic mass is 16.3. The predicted molar refractivity (Wildman–Crippen MR) is 104 cm³/mol. The van der Waals surface area contributed by atoms with Crippen LogP contribution >= 0.6 is 0 Å². The first-order valence-corrected chi connectivity index (χ1v) is 9.68. The van der Waals surface area contributed by atoms with Gasteiger partial charge < -0.3 is 19.5 Å². The largest absolute Gasteiger partial charge is 0.472 e. The number of likely N-dealkylation sites (tertiary alicyclic amines) is 1. The molecule has 1 atom stereocenters. The first kappa shape index (κ1) is 17.6. The van der Waals surface area contributed by atoms with Crippen molar-refractivity contribution in [3.05, 3.63) is 48.4 Å². The van der Waals surface area contributed by atoms with Gasteiger partial charge in [0.25, 0.3) is 5.91 Å². The molecular formula is C21H25N3O3. The Bertz CT molecular complexity index is 797. The summed E-state index contributed by atoms with van der Waals surface area (Å²) >= 11 is 0. The number of nitrogens with one attached hydrogen (secondary N) is 1. The van der Waals surface area contributed by atoms with Crippen LogP contribution in [0.2, 0.25) is 0 Å². The van der Waals surface area contributed by atoms with Crippen LogP contribution in [0.3, 0.4) is 0 Å². The molecule has 2 fully saturated rings. The Morgan fingerprint density at radius 1 is 1.04 bits per heavy atom. The molecule has 142 valence electrons.